The fourth-order valence-electron chi connectivity index (χ4n) is 3.60. The lowest BCUT2D eigenvalue weighted by Gasteiger charge is -2.36. The highest BCUT2D eigenvalue weighted by Crippen LogP contribution is 2.47. The van der Waals surface area contributed by atoms with Crippen LogP contribution in [0, 0.1) is 5.92 Å². The van der Waals surface area contributed by atoms with Crippen LogP contribution in [0.3, 0.4) is 0 Å². The summed E-state index contributed by atoms with van der Waals surface area (Å²) in [6.07, 6.45) is 1.92. The molecule has 2 aromatic rings. The molecule has 148 valence electrons. The van der Waals surface area contributed by atoms with Gasteiger partial charge in [-0.2, -0.15) is 0 Å². The van der Waals surface area contributed by atoms with Gasteiger partial charge in [0.2, 0.25) is 5.79 Å². The molecule has 0 aromatic heterocycles. The van der Waals surface area contributed by atoms with E-state index in [4.69, 9.17) is 14.7 Å². The Balaban J connectivity index is 1.38. The molecule has 2 heterocycles. The van der Waals surface area contributed by atoms with Crippen LogP contribution in [0.5, 0.6) is 0 Å². The maximum absolute atomic E-state index is 11.6. The molecule has 0 atom stereocenters. The number of anilines is 2. The molecule has 0 unspecified atom stereocenters. The first kappa shape index (κ1) is 19.3. The van der Waals surface area contributed by atoms with E-state index in [1.807, 2.05) is 11.8 Å². The van der Waals surface area contributed by atoms with Crippen molar-refractivity contribution in [2.24, 2.45) is 5.92 Å². The fourth-order valence-corrected chi connectivity index (χ4v) is 4.70. The zero-order valence-electron chi connectivity index (χ0n) is 15.8. The lowest BCUT2D eigenvalue weighted by molar-refractivity contribution is -0.264. The Morgan fingerprint density at radius 3 is 2.29 bits per heavy atom. The predicted octanol–water partition coefficient (Wildman–Crippen LogP) is 3.95. The number of hydrogen-bond donors (Lipinski definition) is 2. The molecule has 0 bridgehead atoms. The Kier molecular flexibility index (Phi) is 5.59. The third kappa shape index (κ3) is 3.75. The molecule has 7 heteroatoms. The van der Waals surface area contributed by atoms with Crippen LogP contribution >= 0.6 is 11.8 Å². The summed E-state index contributed by atoms with van der Waals surface area (Å²) < 4.78 is 11.1. The highest BCUT2D eigenvalue weighted by atomic mass is 32.2. The molecule has 2 aromatic carbocycles. The van der Waals surface area contributed by atoms with Crippen LogP contribution in [-0.4, -0.2) is 36.7 Å². The number of hydrogen-bond acceptors (Lipinski definition) is 6. The molecule has 4 rings (SSSR count). The van der Waals surface area contributed by atoms with Crippen LogP contribution in [0.1, 0.15) is 19.8 Å². The topological polar surface area (TPSA) is 71.0 Å². The summed E-state index contributed by atoms with van der Waals surface area (Å²) in [5.41, 5.74) is 4.09. The van der Waals surface area contributed by atoms with Crippen molar-refractivity contribution in [3.05, 3.63) is 48.5 Å². The van der Waals surface area contributed by atoms with E-state index in [2.05, 4.69) is 53.4 Å². The normalized spacial score (nSPS) is 23.6. The third-order valence-electron chi connectivity index (χ3n) is 5.23. The molecule has 0 aliphatic carbocycles. The SMILES string of the molecule is CC1(C(=O)NO)OCC(CCCN2c3ccccc3Sc3ccccc32)CO1. The summed E-state index contributed by atoms with van der Waals surface area (Å²) >= 11 is 1.81. The number of amides is 1. The van der Waals surface area contributed by atoms with Gasteiger partial charge >= 0.3 is 5.91 Å². The zero-order valence-corrected chi connectivity index (χ0v) is 16.6. The highest BCUT2D eigenvalue weighted by Gasteiger charge is 2.40. The molecule has 1 amide bonds. The van der Waals surface area contributed by atoms with Crippen molar-refractivity contribution in [2.75, 3.05) is 24.7 Å². The monoisotopic (exact) mass is 400 g/mol. The van der Waals surface area contributed by atoms with E-state index in [1.54, 1.807) is 5.48 Å². The number of nitrogens with zero attached hydrogens (tertiary/aromatic N) is 1. The standard InChI is InChI=1S/C21H24N2O4S/c1-21(20(24)22-25)26-13-15(14-27-21)7-6-12-23-16-8-2-4-10-18(16)28-19-11-5-3-9-17(19)23/h2-5,8-11,15,25H,6-7,12-14H2,1H3,(H,22,24). The third-order valence-corrected chi connectivity index (χ3v) is 6.36. The number of ether oxygens (including phenoxy) is 2. The average molecular weight is 401 g/mol. The smallest absolute Gasteiger partial charge is 0.303 e. The Labute approximate surface area is 168 Å². The number of carbonyl (C=O) groups excluding carboxylic acids is 1. The van der Waals surface area contributed by atoms with Crippen molar-refractivity contribution < 1.29 is 19.5 Å². The van der Waals surface area contributed by atoms with Crippen molar-refractivity contribution in [1.82, 2.24) is 5.48 Å². The molecule has 28 heavy (non-hydrogen) atoms. The van der Waals surface area contributed by atoms with Gasteiger partial charge in [-0.1, -0.05) is 36.0 Å². The number of benzene rings is 2. The van der Waals surface area contributed by atoms with Crippen molar-refractivity contribution in [3.8, 4) is 0 Å². The van der Waals surface area contributed by atoms with Gasteiger partial charge in [-0.3, -0.25) is 10.0 Å². The summed E-state index contributed by atoms with van der Waals surface area (Å²) in [6, 6.07) is 17.0. The molecule has 0 radical (unpaired) electrons. The summed E-state index contributed by atoms with van der Waals surface area (Å²) in [6.45, 7) is 3.30. The molecular formula is C21H24N2O4S. The molecule has 0 spiro atoms. The van der Waals surface area contributed by atoms with Gasteiger partial charge in [-0.15, -0.1) is 0 Å². The number of para-hydroxylation sites is 2. The molecule has 6 nitrogen and oxygen atoms in total. The summed E-state index contributed by atoms with van der Waals surface area (Å²) in [5, 5.41) is 8.80. The number of carbonyl (C=O) groups is 1. The fraction of sp³-hybridized carbons (Fsp3) is 0.381. The first-order chi connectivity index (χ1) is 13.6. The first-order valence-electron chi connectivity index (χ1n) is 9.46. The van der Waals surface area contributed by atoms with Crippen molar-refractivity contribution in [3.63, 3.8) is 0 Å². The van der Waals surface area contributed by atoms with E-state index in [0.717, 1.165) is 19.4 Å². The maximum Gasteiger partial charge on any atom is 0.303 e. The Hall–Kier alpha value is -2.06. The van der Waals surface area contributed by atoms with E-state index >= 15 is 0 Å². The van der Waals surface area contributed by atoms with Gasteiger partial charge in [0.15, 0.2) is 0 Å². The predicted molar refractivity (Wildman–Crippen MR) is 107 cm³/mol. The molecule has 2 aliphatic rings. The van der Waals surface area contributed by atoms with E-state index in [-0.39, 0.29) is 5.92 Å². The van der Waals surface area contributed by atoms with E-state index in [1.165, 1.54) is 28.1 Å². The van der Waals surface area contributed by atoms with Crippen LogP contribution in [0.2, 0.25) is 0 Å². The van der Waals surface area contributed by atoms with E-state index < -0.39 is 11.7 Å². The Morgan fingerprint density at radius 2 is 1.71 bits per heavy atom. The average Bonchev–Trinajstić information content (AvgIpc) is 2.74. The molecule has 1 fully saturated rings. The van der Waals surface area contributed by atoms with Crippen LogP contribution < -0.4 is 10.4 Å². The summed E-state index contributed by atoms with van der Waals surface area (Å²) in [4.78, 5) is 16.6. The molecule has 2 N–H and O–H groups in total. The van der Waals surface area contributed by atoms with Gasteiger partial charge < -0.3 is 14.4 Å². The van der Waals surface area contributed by atoms with E-state index in [0.29, 0.717) is 13.2 Å². The number of nitrogens with one attached hydrogen (secondary N) is 1. The molecular weight excluding hydrogens is 376 g/mol. The number of rotatable bonds is 5. The van der Waals surface area contributed by atoms with Crippen LogP contribution in [0.25, 0.3) is 0 Å². The van der Waals surface area contributed by atoms with Crippen molar-refractivity contribution >= 4 is 29.0 Å². The zero-order chi connectivity index (χ0) is 19.6. The Bertz CT molecular complexity index is 806. The van der Waals surface area contributed by atoms with Gasteiger partial charge in [-0.25, -0.2) is 5.48 Å². The molecule has 0 saturated carbocycles. The first-order valence-corrected chi connectivity index (χ1v) is 10.3. The van der Waals surface area contributed by atoms with Gasteiger partial charge in [0.25, 0.3) is 0 Å². The van der Waals surface area contributed by atoms with E-state index in [9.17, 15) is 4.79 Å². The van der Waals surface area contributed by atoms with Gasteiger partial charge in [0, 0.05) is 22.3 Å². The number of hydroxylamine groups is 1. The largest absolute Gasteiger partial charge is 0.342 e. The minimum absolute atomic E-state index is 0.226. The summed E-state index contributed by atoms with van der Waals surface area (Å²) in [7, 11) is 0. The van der Waals surface area contributed by atoms with Crippen LogP contribution in [0.15, 0.2) is 58.3 Å². The summed E-state index contributed by atoms with van der Waals surface area (Å²) in [5.74, 6) is -1.86. The minimum atomic E-state index is -1.41. The quantitative estimate of drug-likeness (QED) is 0.585. The van der Waals surface area contributed by atoms with Crippen LogP contribution in [-0.2, 0) is 14.3 Å². The second-order valence-electron chi connectivity index (χ2n) is 7.21. The maximum atomic E-state index is 11.6. The van der Waals surface area contributed by atoms with Crippen molar-refractivity contribution in [1.29, 1.82) is 0 Å². The van der Waals surface area contributed by atoms with Crippen molar-refractivity contribution in [2.45, 2.75) is 35.3 Å². The van der Waals surface area contributed by atoms with Gasteiger partial charge in [0.1, 0.15) is 0 Å². The van der Waals surface area contributed by atoms with Gasteiger partial charge in [-0.05, 0) is 44.0 Å². The number of fused-ring (bicyclic) bond motifs is 2. The van der Waals surface area contributed by atoms with Gasteiger partial charge in [0.05, 0.1) is 24.6 Å². The minimum Gasteiger partial charge on any atom is -0.342 e. The lowest BCUT2D eigenvalue weighted by atomic mass is 10.0. The Morgan fingerprint density at radius 1 is 1.14 bits per heavy atom. The van der Waals surface area contributed by atoms with Crippen LogP contribution in [0.4, 0.5) is 11.4 Å². The molecule has 1 saturated heterocycles. The highest BCUT2D eigenvalue weighted by molar-refractivity contribution is 7.99. The lowest BCUT2D eigenvalue weighted by Crippen LogP contribution is -2.52. The molecule has 2 aliphatic heterocycles. The second kappa shape index (κ2) is 8.13. The second-order valence-corrected chi connectivity index (χ2v) is 8.29.